The molecule has 6 nitrogen and oxygen atoms in total. The van der Waals surface area contributed by atoms with E-state index in [1.807, 2.05) is 6.92 Å². The number of rotatable bonds is 6. The average molecular weight is 276 g/mol. The van der Waals surface area contributed by atoms with Crippen molar-refractivity contribution < 1.29 is 9.59 Å². The minimum atomic E-state index is -0.755. The van der Waals surface area contributed by atoms with Crippen molar-refractivity contribution >= 4 is 17.5 Å². The van der Waals surface area contributed by atoms with Crippen LogP contribution in [0.25, 0.3) is 0 Å². The highest BCUT2D eigenvalue weighted by molar-refractivity contribution is 6.35. The maximum Gasteiger partial charge on any atom is 0.329 e. The van der Waals surface area contributed by atoms with E-state index >= 15 is 0 Å². The third-order valence-electron chi connectivity index (χ3n) is 2.65. The summed E-state index contributed by atoms with van der Waals surface area (Å²) in [5.74, 6) is -1.45. The third kappa shape index (κ3) is 6.08. The quantitative estimate of drug-likeness (QED) is 0.468. The maximum absolute atomic E-state index is 11.5. The molecule has 0 aliphatic rings. The molecule has 6 heteroatoms. The molecular formula is C14H20N4O2. The molecule has 1 rings (SSSR count). The van der Waals surface area contributed by atoms with E-state index in [0.29, 0.717) is 0 Å². The van der Waals surface area contributed by atoms with Crippen LogP contribution >= 0.6 is 0 Å². The summed E-state index contributed by atoms with van der Waals surface area (Å²) in [6, 6.07) is 3.54. The van der Waals surface area contributed by atoms with E-state index in [2.05, 4.69) is 27.8 Å². The Hall–Kier alpha value is -2.24. The standard InChI is InChI=1S/C14H20N4O2/c1-3-4-5-11(2)17-18-14(20)13(19)16-10-12-6-8-15-9-7-12/h6-9H,3-5,10H2,1-2H3,(H,16,19)(H,18,20). The highest BCUT2D eigenvalue weighted by atomic mass is 16.2. The first kappa shape index (κ1) is 15.8. The molecule has 2 N–H and O–H groups in total. The van der Waals surface area contributed by atoms with Crippen LogP contribution in [0.15, 0.2) is 29.6 Å². The minimum absolute atomic E-state index is 0.285. The van der Waals surface area contributed by atoms with Gasteiger partial charge in [-0.15, -0.1) is 0 Å². The van der Waals surface area contributed by atoms with Crippen LogP contribution in [0.5, 0.6) is 0 Å². The molecule has 108 valence electrons. The number of carbonyl (C=O) groups is 2. The summed E-state index contributed by atoms with van der Waals surface area (Å²) in [5.41, 5.74) is 3.94. The number of nitrogens with zero attached hydrogens (tertiary/aromatic N) is 2. The Morgan fingerprint density at radius 2 is 1.95 bits per heavy atom. The van der Waals surface area contributed by atoms with Gasteiger partial charge in [-0.05, 0) is 37.5 Å². The normalized spacial score (nSPS) is 11.0. The van der Waals surface area contributed by atoms with E-state index in [0.717, 1.165) is 30.5 Å². The summed E-state index contributed by atoms with van der Waals surface area (Å²) in [5, 5.41) is 6.40. The van der Waals surface area contributed by atoms with Gasteiger partial charge in [0, 0.05) is 24.7 Å². The molecule has 0 atom stereocenters. The molecular weight excluding hydrogens is 256 g/mol. The SMILES string of the molecule is CCCCC(C)=NNC(=O)C(=O)NCc1ccncc1. The van der Waals surface area contributed by atoms with E-state index in [1.165, 1.54) is 0 Å². The molecule has 0 fully saturated rings. The predicted octanol–water partition coefficient (Wildman–Crippen LogP) is 1.38. The number of hydrogen-bond acceptors (Lipinski definition) is 4. The lowest BCUT2D eigenvalue weighted by molar-refractivity contribution is -0.139. The van der Waals surface area contributed by atoms with E-state index in [4.69, 9.17) is 0 Å². The van der Waals surface area contributed by atoms with Crippen LogP contribution in [0.2, 0.25) is 0 Å². The zero-order chi connectivity index (χ0) is 14.8. The molecule has 0 aromatic carbocycles. The van der Waals surface area contributed by atoms with Gasteiger partial charge in [0.25, 0.3) is 0 Å². The largest absolute Gasteiger partial charge is 0.344 e. The van der Waals surface area contributed by atoms with Crippen molar-refractivity contribution in [3.8, 4) is 0 Å². The van der Waals surface area contributed by atoms with Crippen LogP contribution in [-0.2, 0) is 16.1 Å². The van der Waals surface area contributed by atoms with Crippen molar-refractivity contribution in [1.29, 1.82) is 0 Å². The zero-order valence-electron chi connectivity index (χ0n) is 11.8. The van der Waals surface area contributed by atoms with E-state index in [1.54, 1.807) is 24.5 Å². The zero-order valence-corrected chi connectivity index (χ0v) is 11.8. The number of pyridine rings is 1. The molecule has 1 aromatic rings. The third-order valence-corrected chi connectivity index (χ3v) is 2.65. The summed E-state index contributed by atoms with van der Waals surface area (Å²) in [6.45, 7) is 4.19. The second kappa shape index (κ2) is 8.79. The maximum atomic E-state index is 11.5. The van der Waals surface area contributed by atoms with Crippen LogP contribution in [0.1, 0.15) is 38.7 Å². The summed E-state index contributed by atoms with van der Waals surface area (Å²) in [4.78, 5) is 26.9. The average Bonchev–Trinajstić information content (AvgIpc) is 2.49. The van der Waals surface area contributed by atoms with Gasteiger partial charge in [-0.1, -0.05) is 13.3 Å². The molecule has 20 heavy (non-hydrogen) atoms. The monoisotopic (exact) mass is 276 g/mol. The summed E-state index contributed by atoms with van der Waals surface area (Å²) >= 11 is 0. The van der Waals surface area contributed by atoms with Crippen molar-refractivity contribution in [2.24, 2.45) is 5.10 Å². The molecule has 0 unspecified atom stereocenters. The van der Waals surface area contributed by atoms with Gasteiger partial charge in [-0.25, -0.2) is 5.43 Å². The fourth-order valence-corrected chi connectivity index (χ4v) is 1.45. The first-order chi connectivity index (χ1) is 9.63. The molecule has 2 amide bonds. The molecule has 1 aromatic heterocycles. The molecule has 0 spiro atoms. The summed E-state index contributed by atoms with van der Waals surface area (Å²) in [6.07, 6.45) is 6.15. The van der Waals surface area contributed by atoms with Crippen LogP contribution in [0.4, 0.5) is 0 Å². The Morgan fingerprint density at radius 1 is 1.25 bits per heavy atom. The van der Waals surface area contributed by atoms with Crippen LogP contribution in [0.3, 0.4) is 0 Å². The molecule has 0 radical (unpaired) electrons. The second-order valence-electron chi connectivity index (χ2n) is 4.43. The highest BCUT2D eigenvalue weighted by Gasteiger charge is 2.12. The first-order valence-corrected chi connectivity index (χ1v) is 6.63. The summed E-state index contributed by atoms with van der Waals surface area (Å²) in [7, 11) is 0. The number of amides is 2. The Kier molecular flexibility index (Phi) is 6.95. The minimum Gasteiger partial charge on any atom is -0.344 e. The molecule has 1 heterocycles. The van der Waals surface area contributed by atoms with Gasteiger partial charge >= 0.3 is 11.8 Å². The molecule has 0 saturated carbocycles. The lowest BCUT2D eigenvalue weighted by Crippen LogP contribution is -2.37. The number of aromatic nitrogens is 1. The van der Waals surface area contributed by atoms with Crippen LogP contribution < -0.4 is 10.7 Å². The number of unbranched alkanes of at least 4 members (excludes halogenated alkanes) is 1. The Morgan fingerprint density at radius 3 is 2.60 bits per heavy atom. The van der Waals surface area contributed by atoms with Crippen LogP contribution in [0, 0.1) is 0 Å². The van der Waals surface area contributed by atoms with Gasteiger partial charge < -0.3 is 5.32 Å². The molecule has 0 bridgehead atoms. The van der Waals surface area contributed by atoms with Crippen molar-refractivity contribution in [3.05, 3.63) is 30.1 Å². The molecule has 0 saturated heterocycles. The van der Waals surface area contributed by atoms with Gasteiger partial charge in [0.15, 0.2) is 0 Å². The van der Waals surface area contributed by atoms with Gasteiger partial charge in [-0.2, -0.15) is 5.10 Å². The van der Waals surface area contributed by atoms with Crippen LogP contribution in [-0.4, -0.2) is 22.5 Å². The first-order valence-electron chi connectivity index (χ1n) is 6.63. The Labute approximate surface area is 118 Å². The van der Waals surface area contributed by atoms with Crippen molar-refractivity contribution in [2.75, 3.05) is 0 Å². The van der Waals surface area contributed by atoms with E-state index in [9.17, 15) is 9.59 Å². The highest BCUT2D eigenvalue weighted by Crippen LogP contribution is 1.96. The smallest absolute Gasteiger partial charge is 0.329 e. The van der Waals surface area contributed by atoms with Crippen molar-refractivity contribution in [3.63, 3.8) is 0 Å². The van der Waals surface area contributed by atoms with E-state index < -0.39 is 11.8 Å². The second-order valence-corrected chi connectivity index (χ2v) is 4.43. The number of carbonyl (C=O) groups excluding carboxylic acids is 2. The lowest BCUT2D eigenvalue weighted by Gasteiger charge is -2.04. The fraction of sp³-hybridized carbons (Fsp3) is 0.429. The van der Waals surface area contributed by atoms with Gasteiger partial charge in [0.2, 0.25) is 0 Å². The Bertz CT molecular complexity index is 471. The fourth-order valence-electron chi connectivity index (χ4n) is 1.45. The topological polar surface area (TPSA) is 83.5 Å². The van der Waals surface area contributed by atoms with E-state index in [-0.39, 0.29) is 6.54 Å². The lowest BCUT2D eigenvalue weighted by atomic mass is 10.2. The van der Waals surface area contributed by atoms with Crippen molar-refractivity contribution in [1.82, 2.24) is 15.7 Å². The Balaban J connectivity index is 2.34. The number of nitrogens with one attached hydrogen (secondary N) is 2. The summed E-state index contributed by atoms with van der Waals surface area (Å²) < 4.78 is 0. The van der Waals surface area contributed by atoms with Gasteiger partial charge in [0.05, 0.1) is 0 Å². The molecule has 0 aliphatic carbocycles. The number of hydrogen-bond donors (Lipinski definition) is 2. The number of hydrazone groups is 1. The van der Waals surface area contributed by atoms with Crippen molar-refractivity contribution in [2.45, 2.75) is 39.7 Å². The van der Waals surface area contributed by atoms with Gasteiger partial charge in [-0.3, -0.25) is 14.6 Å². The van der Waals surface area contributed by atoms with Gasteiger partial charge in [0.1, 0.15) is 0 Å². The molecule has 0 aliphatic heterocycles. The predicted molar refractivity (Wildman–Crippen MR) is 76.9 cm³/mol.